The third-order valence-corrected chi connectivity index (χ3v) is 5.39. The average molecular weight is 525 g/mol. The van der Waals surface area contributed by atoms with Gasteiger partial charge in [-0.15, -0.1) is 0 Å². The third-order valence-electron chi connectivity index (χ3n) is 5.39. The summed E-state index contributed by atoms with van der Waals surface area (Å²) in [5, 5.41) is 24.3. The van der Waals surface area contributed by atoms with E-state index in [0.717, 1.165) is 6.07 Å². The number of hydrogen-bond acceptors (Lipinski definition) is 9. The quantitative estimate of drug-likeness (QED) is 0.111. The van der Waals surface area contributed by atoms with Gasteiger partial charge in [-0.1, -0.05) is 12.2 Å². The Morgan fingerprint density at radius 3 is 2.29 bits per heavy atom. The molecular weight excluding hydrogens is 499 g/mol. The second-order valence-corrected chi connectivity index (χ2v) is 7.67. The molecule has 0 spiro atoms. The second-order valence-electron chi connectivity index (χ2n) is 7.67. The number of nitrogens with zero attached hydrogens (tertiary/aromatic N) is 1. The largest absolute Gasteiger partial charge is 0.504 e. The van der Waals surface area contributed by atoms with Crippen LogP contribution in [0.2, 0.25) is 0 Å². The van der Waals surface area contributed by atoms with E-state index >= 15 is 0 Å². The number of nitro benzene ring substituents is 1. The van der Waals surface area contributed by atoms with Crippen LogP contribution in [0, 0.1) is 15.9 Å². The van der Waals surface area contributed by atoms with Gasteiger partial charge in [-0.05, 0) is 35.9 Å². The summed E-state index contributed by atoms with van der Waals surface area (Å²) >= 11 is 0. The summed E-state index contributed by atoms with van der Waals surface area (Å²) < 4.78 is 34.8. The van der Waals surface area contributed by atoms with Gasteiger partial charge < -0.3 is 29.4 Å². The van der Waals surface area contributed by atoms with E-state index in [9.17, 15) is 24.4 Å². The van der Waals surface area contributed by atoms with E-state index in [1.165, 1.54) is 71.0 Å². The molecule has 11 heteroatoms. The van der Waals surface area contributed by atoms with Crippen LogP contribution < -0.4 is 24.3 Å². The molecule has 0 heterocycles. The van der Waals surface area contributed by atoms with Gasteiger partial charge in [-0.3, -0.25) is 14.9 Å². The Morgan fingerprint density at radius 1 is 0.947 bits per heavy atom. The maximum Gasteiger partial charge on any atom is 0.311 e. The molecule has 0 fully saturated rings. The van der Waals surface area contributed by atoms with Gasteiger partial charge in [0.05, 0.1) is 33.4 Å². The molecule has 0 aliphatic rings. The zero-order valence-corrected chi connectivity index (χ0v) is 21.0. The lowest BCUT2D eigenvalue weighted by Crippen LogP contribution is -2.01. The first kappa shape index (κ1) is 27.5. The average Bonchev–Trinajstić information content (AvgIpc) is 2.91. The third kappa shape index (κ3) is 6.19. The van der Waals surface area contributed by atoms with Crippen LogP contribution in [0.5, 0.6) is 28.7 Å². The number of rotatable bonds is 11. The Labute approximate surface area is 217 Å². The first-order valence-corrected chi connectivity index (χ1v) is 11.0. The SMILES string of the molecule is COc1cc(N/C=C\C(=O)c2ccc(OC)c([N+](=O)[O-])c2)c(/C=C\c2cc(O)c(OC)c(OC)c2)cc1F. The number of nitrogens with one attached hydrogen (secondary N) is 1. The van der Waals surface area contributed by atoms with Crippen molar-refractivity contribution in [3.05, 3.63) is 87.4 Å². The topological polar surface area (TPSA) is 129 Å². The standard InChI is InChI=1S/C27H25FN2O8/c1-35-24-8-7-18(14-21(24)30(33)34)22(31)9-10-29-20-15-25(36-2)19(28)13-17(20)6-5-16-11-23(32)27(38-4)26(12-16)37-3/h5-15,29,32H,1-4H3/b6-5-,10-9-. The first-order chi connectivity index (χ1) is 18.2. The molecule has 10 nitrogen and oxygen atoms in total. The van der Waals surface area contributed by atoms with Crippen LogP contribution in [-0.2, 0) is 0 Å². The molecule has 3 rings (SSSR count). The van der Waals surface area contributed by atoms with E-state index in [1.807, 2.05) is 0 Å². The normalized spacial score (nSPS) is 11.0. The van der Waals surface area contributed by atoms with Crippen LogP contribution >= 0.6 is 0 Å². The maximum absolute atomic E-state index is 14.5. The number of halogens is 1. The smallest absolute Gasteiger partial charge is 0.311 e. The Hall–Kier alpha value is -5.06. The van der Waals surface area contributed by atoms with Crippen molar-refractivity contribution in [1.82, 2.24) is 0 Å². The van der Waals surface area contributed by atoms with Gasteiger partial charge in [-0.25, -0.2) is 4.39 Å². The van der Waals surface area contributed by atoms with Gasteiger partial charge in [0, 0.05) is 41.2 Å². The lowest BCUT2D eigenvalue weighted by Gasteiger charge is -2.11. The lowest BCUT2D eigenvalue weighted by atomic mass is 10.1. The molecule has 0 amide bonds. The highest BCUT2D eigenvalue weighted by Gasteiger charge is 2.17. The molecule has 0 saturated heterocycles. The summed E-state index contributed by atoms with van der Waals surface area (Å²) in [5.41, 5.74) is 1.09. The first-order valence-electron chi connectivity index (χ1n) is 11.0. The van der Waals surface area contributed by atoms with Crippen LogP contribution in [0.25, 0.3) is 12.2 Å². The lowest BCUT2D eigenvalue weighted by molar-refractivity contribution is -0.385. The molecule has 3 aromatic rings. The molecule has 0 atom stereocenters. The highest BCUT2D eigenvalue weighted by molar-refractivity contribution is 6.05. The van der Waals surface area contributed by atoms with Gasteiger partial charge in [0.2, 0.25) is 5.75 Å². The molecule has 38 heavy (non-hydrogen) atoms. The summed E-state index contributed by atoms with van der Waals surface area (Å²) in [4.78, 5) is 23.2. The van der Waals surface area contributed by atoms with E-state index in [1.54, 1.807) is 18.2 Å². The van der Waals surface area contributed by atoms with Crippen LogP contribution in [0.15, 0.2) is 54.7 Å². The molecule has 2 N–H and O–H groups in total. The number of ketones is 1. The van der Waals surface area contributed by atoms with E-state index in [-0.39, 0.29) is 34.2 Å². The van der Waals surface area contributed by atoms with Crippen molar-refractivity contribution >= 4 is 29.3 Å². The highest BCUT2D eigenvalue weighted by Crippen LogP contribution is 2.38. The van der Waals surface area contributed by atoms with E-state index in [4.69, 9.17) is 18.9 Å². The van der Waals surface area contributed by atoms with Crippen molar-refractivity contribution in [3.63, 3.8) is 0 Å². The van der Waals surface area contributed by atoms with Crippen molar-refractivity contribution in [2.75, 3.05) is 33.8 Å². The summed E-state index contributed by atoms with van der Waals surface area (Å²) in [7, 11) is 5.45. The Morgan fingerprint density at radius 2 is 1.66 bits per heavy atom. The summed E-state index contributed by atoms with van der Waals surface area (Å²) in [5.74, 6) is -0.754. The molecule has 0 aromatic heterocycles. The monoisotopic (exact) mass is 524 g/mol. The number of phenols is 1. The summed E-state index contributed by atoms with van der Waals surface area (Å²) in [6.07, 6.45) is 5.72. The number of anilines is 1. The number of nitro groups is 1. The van der Waals surface area contributed by atoms with Crippen LogP contribution in [-0.4, -0.2) is 44.3 Å². The van der Waals surface area contributed by atoms with Crippen molar-refractivity contribution in [2.45, 2.75) is 0 Å². The predicted molar refractivity (Wildman–Crippen MR) is 140 cm³/mol. The van der Waals surface area contributed by atoms with Gasteiger partial charge in [-0.2, -0.15) is 0 Å². The number of carbonyl (C=O) groups excluding carboxylic acids is 1. The number of hydrogen-bond donors (Lipinski definition) is 2. The minimum atomic E-state index is -0.640. The number of benzene rings is 3. The van der Waals surface area contributed by atoms with Crippen molar-refractivity contribution in [3.8, 4) is 28.7 Å². The Balaban J connectivity index is 1.89. The minimum Gasteiger partial charge on any atom is -0.504 e. The molecule has 0 radical (unpaired) electrons. The zero-order valence-electron chi connectivity index (χ0n) is 21.0. The molecule has 198 valence electrons. The Bertz CT molecular complexity index is 1420. The predicted octanol–water partition coefficient (Wildman–Crippen LogP) is 5.45. The van der Waals surface area contributed by atoms with Crippen molar-refractivity contribution in [2.24, 2.45) is 0 Å². The van der Waals surface area contributed by atoms with Crippen LogP contribution in [0.4, 0.5) is 15.8 Å². The number of methoxy groups -OCH3 is 4. The van der Waals surface area contributed by atoms with Crippen molar-refractivity contribution < 1.29 is 38.2 Å². The van der Waals surface area contributed by atoms with Gasteiger partial charge in [0.15, 0.2) is 34.6 Å². The number of phenolic OH excluding ortho intramolecular Hbond substituents is 1. The second kappa shape index (κ2) is 12.3. The fraction of sp³-hybridized carbons (Fsp3) is 0.148. The molecule has 0 unspecified atom stereocenters. The Kier molecular flexibility index (Phi) is 8.88. The molecule has 0 saturated carbocycles. The minimum absolute atomic E-state index is 0.0288. The number of allylic oxidation sites excluding steroid dienone is 1. The fourth-order valence-corrected chi connectivity index (χ4v) is 3.52. The molecular formula is C27H25FN2O8. The van der Waals surface area contributed by atoms with Gasteiger partial charge in [0.25, 0.3) is 0 Å². The number of carbonyl (C=O) groups is 1. The van der Waals surface area contributed by atoms with Gasteiger partial charge in [0.1, 0.15) is 0 Å². The van der Waals surface area contributed by atoms with E-state index < -0.39 is 16.5 Å². The molecule has 3 aromatic carbocycles. The summed E-state index contributed by atoms with van der Waals surface area (Å²) in [6, 6.07) is 9.61. The molecule has 0 aliphatic carbocycles. The van der Waals surface area contributed by atoms with Gasteiger partial charge >= 0.3 is 5.69 Å². The number of aromatic hydroxyl groups is 1. The maximum atomic E-state index is 14.5. The number of ether oxygens (including phenoxy) is 4. The zero-order chi connectivity index (χ0) is 27.8. The van der Waals surface area contributed by atoms with Crippen LogP contribution in [0.3, 0.4) is 0 Å². The fourth-order valence-electron chi connectivity index (χ4n) is 3.52. The summed E-state index contributed by atoms with van der Waals surface area (Å²) in [6.45, 7) is 0. The molecule has 0 bridgehead atoms. The molecule has 0 aliphatic heterocycles. The van der Waals surface area contributed by atoms with E-state index in [2.05, 4.69) is 5.32 Å². The highest BCUT2D eigenvalue weighted by atomic mass is 19.1. The van der Waals surface area contributed by atoms with Crippen molar-refractivity contribution in [1.29, 1.82) is 0 Å². The van der Waals surface area contributed by atoms with Crippen LogP contribution in [0.1, 0.15) is 21.5 Å². The van der Waals surface area contributed by atoms with E-state index in [0.29, 0.717) is 22.6 Å².